The van der Waals surface area contributed by atoms with Crippen LogP contribution in [-0.2, 0) is 22.4 Å². The van der Waals surface area contributed by atoms with Crippen molar-refractivity contribution >= 4 is 34.4 Å². The highest BCUT2D eigenvalue weighted by Gasteiger charge is 2.49. The number of carbonyl (C=O) groups excluding carboxylic acids is 2. The third-order valence-electron chi connectivity index (χ3n) is 5.09. The molecule has 2 N–H and O–H groups in total. The SMILES string of the molecule is NC(=O)C1(Cc2ccc(Cl)cc2)CN(C(=O)Cc2noc3ccccc23)C1. The van der Waals surface area contributed by atoms with Gasteiger partial charge < -0.3 is 15.2 Å². The number of likely N-dealkylation sites (tertiary alicyclic amines) is 1. The molecule has 2 amide bonds. The number of aromatic nitrogens is 1. The van der Waals surface area contributed by atoms with Crippen molar-refractivity contribution in [1.82, 2.24) is 10.1 Å². The fraction of sp³-hybridized carbons (Fsp3) is 0.250. The number of fused-ring (bicyclic) bond motifs is 1. The van der Waals surface area contributed by atoms with Gasteiger partial charge in [-0.05, 0) is 36.2 Å². The highest BCUT2D eigenvalue weighted by atomic mass is 35.5. The molecule has 7 heteroatoms. The van der Waals surface area contributed by atoms with E-state index < -0.39 is 11.3 Å². The van der Waals surface area contributed by atoms with E-state index in [4.69, 9.17) is 21.9 Å². The summed E-state index contributed by atoms with van der Waals surface area (Å²) >= 11 is 5.91. The second-order valence-corrected chi connectivity index (χ2v) is 7.44. The number of primary amides is 1. The highest BCUT2D eigenvalue weighted by Crippen LogP contribution is 2.35. The van der Waals surface area contributed by atoms with E-state index in [0.29, 0.717) is 35.8 Å². The Morgan fingerprint density at radius 2 is 1.85 bits per heavy atom. The van der Waals surface area contributed by atoms with Gasteiger partial charge in [-0.15, -0.1) is 0 Å². The summed E-state index contributed by atoms with van der Waals surface area (Å²) in [6, 6.07) is 14.7. The van der Waals surface area contributed by atoms with Crippen LogP contribution in [0.5, 0.6) is 0 Å². The summed E-state index contributed by atoms with van der Waals surface area (Å²) in [7, 11) is 0. The molecule has 0 aliphatic carbocycles. The lowest BCUT2D eigenvalue weighted by Gasteiger charge is -2.48. The number of hydrogen-bond acceptors (Lipinski definition) is 4. The smallest absolute Gasteiger partial charge is 0.228 e. The van der Waals surface area contributed by atoms with Crippen molar-refractivity contribution in [1.29, 1.82) is 0 Å². The predicted octanol–water partition coefficient (Wildman–Crippen LogP) is 2.58. The molecule has 6 nitrogen and oxygen atoms in total. The molecule has 1 aromatic heterocycles. The first-order chi connectivity index (χ1) is 13.0. The Hall–Kier alpha value is -2.86. The minimum Gasteiger partial charge on any atom is -0.369 e. The molecule has 1 aliphatic rings. The molecule has 0 spiro atoms. The van der Waals surface area contributed by atoms with E-state index in [1.807, 2.05) is 36.4 Å². The summed E-state index contributed by atoms with van der Waals surface area (Å²) in [6.45, 7) is 0.610. The number of amides is 2. The molecule has 27 heavy (non-hydrogen) atoms. The van der Waals surface area contributed by atoms with Crippen LogP contribution in [0.2, 0.25) is 5.02 Å². The predicted molar refractivity (Wildman–Crippen MR) is 101 cm³/mol. The maximum absolute atomic E-state index is 12.6. The van der Waals surface area contributed by atoms with Gasteiger partial charge in [-0.3, -0.25) is 9.59 Å². The van der Waals surface area contributed by atoms with Crippen molar-refractivity contribution in [3.8, 4) is 0 Å². The first-order valence-electron chi connectivity index (χ1n) is 8.62. The van der Waals surface area contributed by atoms with Gasteiger partial charge in [0.15, 0.2) is 5.58 Å². The molecule has 0 saturated carbocycles. The minimum absolute atomic E-state index is 0.0953. The normalized spacial score (nSPS) is 15.5. The molecular formula is C20H18ClN3O3. The van der Waals surface area contributed by atoms with Crippen LogP contribution in [0.25, 0.3) is 11.0 Å². The molecule has 138 valence electrons. The van der Waals surface area contributed by atoms with Gasteiger partial charge in [0.25, 0.3) is 0 Å². The second-order valence-electron chi connectivity index (χ2n) is 7.00. The maximum atomic E-state index is 12.6. The Kier molecular flexibility index (Phi) is 4.36. The summed E-state index contributed by atoms with van der Waals surface area (Å²) < 4.78 is 5.24. The lowest BCUT2D eigenvalue weighted by atomic mass is 9.74. The Balaban J connectivity index is 1.45. The van der Waals surface area contributed by atoms with E-state index in [2.05, 4.69) is 5.16 Å². The Morgan fingerprint density at radius 1 is 1.15 bits per heavy atom. The Bertz CT molecular complexity index is 1010. The lowest BCUT2D eigenvalue weighted by molar-refractivity contribution is -0.151. The summed E-state index contributed by atoms with van der Waals surface area (Å²) in [4.78, 5) is 26.3. The molecule has 3 aromatic rings. The van der Waals surface area contributed by atoms with E-state index in [0.717, 1.165) is 10.9 Å². The zero-order chi connectivity index (χ0) is 19.0. The number of rotatable bonds is 5. The maximum Gasteiger partial charge on any atom is 0.228 e. The van der Waals surface area contributed by atoms with Crippen molar-refractivity contribution < 1.29 is 14.1 Å². The van der Waals surface area contributed by atoms with E-state index in [1.165, 1.54) is 0 Å². The molecule has 0 unspecified atom stereocenters. The number of hydrogen-bond donors (Lipinski definition) is 1. The third-order valence-corrected chi connectivity index (χ3v) is 5.34. The Labute approximate surface area is 160 Å². The van der Waals surface area contributed by atoms with Crippen LogP contribution < -0.4 is 5.73 Å². The van der Waals surface area contributed by atoms with Gasteiger partial charge in [0.2, 0.25) is 11.8 Å². The number of nitrogens with two attached hydrogens (primary N) is 1. The largest absolute Gasteiger partial charge is 0.369 e. The molecular weight excluding hydrogens is 366 g/mol. The molecule has 1 saturated heterocycles. The average Bonchev–Trinajstić information content (AvgIpc) is 3.02. The van der Waals surface area contributed by atoms with Gasteiger partial charge in [-0.2, -0.15) is 0 Å². The van der Waals surface area contributed by atoms with Crippen LogP contribution in [0.1, 0.15) is 11.3 Å². The number of para-hydroxylation sites is 1. The van der Waals surface area contributed by atoms with Crippen LogP contribution in [0, 0.1) is 5.41 Å². The van der Waals surface area contributed by atoms with Crippen molar-refractivity contribution in [2.75, 3.05) is 13.1 Å². The molecule has 0 bridgehead atoms. The number of benzene rings is 2. The minimum atomic E-state index is -0.741. The van der Waals surface area contributed by atoms with Crippen molar-refractivity contribution in [3.05, 3.63) is 64.8 Å². The van der Waals surface area contributed by atoms with Crippen LogP contribution in [0.15, 0.2) is 53.1 Å². The highest BCUT2D eigenvalue weighted by molar-refractivity contribution is 6.30. The van der Waals surface area contributed by atoms with Gasteiger partial charge >= 0.3 is 0 Å². The van der Waals surface area contributed by atoms with Gasteiger partial charge in [-0.1, -0.05) is 41.0 Å². The number of carbonyl (C=O) groups is 2. The topological polar surface area (TPSA) is 89.4 Å². The summed E-state index contributed by atoms with van der Waals surface area (Å²) in [5.41, 5.74) is 7.13. The quantitative estimate of drug-likeness (QED) is 0.733. The van der Waals surface area contributed by atoms with Gasteiger partial charge in [0.05, 0.1) is 11.8 Å². The van der Waals surface area contributed by atoms with Gasteiger partial charge in [0.1, 0.15) is 5.69 Å². The molecule has 1 aliphatic heterocycles. The molecule has 1 fully saturated rings. The fourth-order valence-corrected chi connectivity index (χ4v) is 3.66. The van der Waals surface area contributed by atoms with E-state index >= 15 is 0 Å². The van der Waals surface area contributed by atoms with Crippen molar-refractivity contribution in [2.24, 2.45) is 11.1 Å². The monoisotopic (exact) mass is 383 g/mol. The first-order valence-corrected chi connectivity index (χ1v) is 9.00. The summed E-state index contributed by atoms with van der Waals surface area (Å²) in [5.74, 6) is -0.490. The van der Waals surface area contributed by atoms with Crippen LogP contribution >= 0.6 is 11.6 Å². The number of nitrogens with zero attached hydrogens (tertiary/aromatic N) is 2. The summed E-state index contributed by atoms with van der Waals surface area (Å²) in [5, 5.41) is 5.46. The fourth-order valence-electron chi connectivity index (χ4n) is 3.53. The summed E-state index contributed by atoms with van der Waals surface area (Å²) in [6.07, 6.45) is 0.614. The van der Waals surface area contributed by atoms with Gasteiger partial charge in [-0.25, -0.2) is 0 Å². The molecule has 0 atom stereocenters. The van der Waals surface area contributed by atoms with Gasteiger partial charge in [0, 0.05) is 23.5 Å². The van der Waals surface area contributed by atoms with Crippen molar-refractivity contribution in [3.63, 3.8) is 0 Å². The molecule has 0 radical (unpaired) electrons. The number of halogens is 1. The standard InChI is InChI=1S/C20H18ClN3O3/c21-14-7-5-13(6-8-14)10-20(19(22)26)11-24(12-20)18(25)9-16-15-3-1-2-4-17(15)27-23-16/h1-8H,9-12H2,(H2,22,26). The molecule has 4 rings (SSSR count). The lowest BCUT2D eigenvalue weighted by Crippen LogP contribution is -2.65. The average molecular weight is 384 g/mol. The molecule has 2 heterocycles. The van der Waals surface area contributed by atoms with E-state index in [1.54, 1.807) is 17.0 Å². The van der Waals surface area contributed by atoms with Crippen LogP contribution in [-0.4, -0.2) is 35.0 Å². The third kappa shape index (κ3) is 3.28. The van der Waals surface area contributed by atoms with Crippen LogP contribution in [0.3, 0.4) is 0 Å². The zero-order valence-electron chi connectivity index (χ0n) is 14.5. The molecule has 2 aromatic carbocycles. The first kappa shape index (κ1) is 17.5. The zero-order valence-corrected chi connectivity index (χ0v) is 15.3. The van der Waals surface area contributed by atoms with Crippen molar-refractivity contribution in [2.45, 2.75) is 12.8 Å². The second kappa shape index (κ2) is 6.70. The Morgan fingerprint density at radius 3 is 2.56 bits per heavy atom. The van der Waals surface area contributed by atoms with Crippen LogP contribution in [0.4, 0.5) is 0 Å². The van der Waals surface area contributed by atoms with E-state index in [-0.39, 0.29) is 12.3 Å². The van der Waals surface area contributed by atoms with E-state index in [9.17, 15) is 9.59 Å².